The molecular formula is C16H13N7OS. The fraction of sp³-hybridized carbons (Fsp3) is 0.125. The van der Waals surface area contributed by atoms with E-state index < -0.39 is 0 Å². The number of nitrogens with zero attached hydrogens (tertiary/aromatic N) is 5. The van der Waals surface area contributed by atoms with Crippen LogP contribution in [0.1, 0.15) is 0 Å². The highest BCUT2D eigenvalue weighted by atomic mass is 32.1. The molecule has 9 heteroatoms. The molecule has 0 amide bonds. The van der Waals surface area contributed by atoms with Crippen LogP contribution in [0.5, 0.6) is 0 Å². The maximum absolute atomic E-state index is 5.86. The van der Waals surface area contributed by atoms with Crippen molar-refractivity contribution in [2.45, 2.75) is 0 Å². The Morgan fingerprint density at radius 3 is 2.96 bits per heavy atom. The summed E-state index contributed by atoms with van der Waals surface area (Å²) in [7, 11) is 3.80. The average Bonchev–Trinajstić information content (AvgIpc) is 3.31. The minimum Gasteiger partial charge on any atom is -0.380 e. The normalized spacial score (nSPS) is 11.8. The van der Waals surface area contributed by atoms with Gasteiger partial charge in [0.05, 0.1) is 11.7 Å². The number of nitrogens with one attached hydrogen (secondary N) is 1. The second-order valence-corrected chi connectivity index (χ2v) is 6.69. The molecule has 0 fully saturated rings. The Balaban J connectivity index is 1.80. The van der Waals surface area contributed by atoms with E-state index in [1.807, 2.05) is 36.9 Å². The zero-order valence-electron chi connectivity index (χ0n) is 13.4. The third-order valence-electron chi connectivity index (χ3n) is 4.19. The Bertz CT molecular complexity index is 1270. The predicted octanol–water partition coefficient (Wildman–Crippen LogP) is 3.01. The lowest BCUT2D eigenvalue weighted by atomic mass is 10.1. The summed E-state index contributed by atoms with van der Waals surface area (Å²) >= 11 is 1.53. The second kappa shape index (κ2) is 4.90. The third-order valence-corrected chi connectivity index (χ3v) is 5.19. The number of anilines is 2. The maximum Gasteiger partial charge on any atom is 0.174 e. The summed E-state index contributed by atoms with van der Waals surface area (Å²) < 4.78 is 7.13. The number of pyridine rings is 1. The summed E-state index contributed by atoms with van der Waals surface area (Å²) in [5.41, 5.74) is 10.1. The van der Waals surface area contributed by atoms with E-state index in [-0.39, 0.29) is 0 Å². The number of thiazole rings is 1. The zero-order valence-corrected chi connectivity index (χ0v) is 14.3. The standard InChI is InChI=1S/C16H13N7OS/c1-18-14-10-12(23(2)6-19-10)11-16(21-14)25-15(20-11)7-3-4-9-8(5-7)13(17)22-24-9/h3-6H,1-2H3,(H2,17,22)(H,18,21). The molecule has 5 rings (SSSR count). The first-order valence-electron chi connectivity index (χ1n) is 7.60. The molecule has 0 saturated heterocycles. The number of aryl methyl sites for hydroxylation is 1. The van der Waals surface area contributed by atoms with Gasteiger partial charge in [0.1, 0.15) is 26.4 Å². The number of hydrogen-bond donors (Lipinski definition) is 2. The molecule has 0 atom stereocenters. The van der Waals surface area contributed by atoms with Gasteiger partial charge in [-0.2, -0.15) is 0 Å². The van der Waals surface area contributed by atoms with Gasteiger partial charge in [-0.1, -0.05) is 16.5 Å². The Labute approximate surface area is 145 Å². The zero-order chi connectivity index (χ0) is 17.1. The van der Waals surface area contributed by atoms with Crippen molar-refractivity contribution in [2.24, 2.45) is 7.05 Å². The van der Waals surface area contributed by atoms with Crippen molar-refractivity contribution in [3.8, 4) is 10.6 Å². The second-order valence-electron chi connectivity index (χ2n) is 5.71. The molecule has 4 heterocycles. The smallest absolute Gasteiger partial charge is 0.174 e. The molecule has 0 radical (unpaired) electrons. The van der Waals surface area contributed by atoms with Crippen LogP contribution in [0.2, 0.25) is 0 Å². The third kappa shape index (κ3) is 1.92. The Morgan fingerprint density at radius 2 is 2.12 bits per heavy atom. The van der Waals surface area contributed by atoms with E-state index >= 15 is 0 Å². The van der Waals surface area contributed by atoms with Crippen LogP contribution >= 0.6 is 11.3 Å². The quantitative estimate of drug-likeness (QED) is 0.503. The van der Waals surface area contributed by atoms with Crippen LogP contribution in [0.25, 0.3) is 42.9 Å². The number of imidazole rings is 1. The minimum atomic E-state index is 0.377. The monoisotopic (exact) mass is 351 g/mol. The topological polar surface area (TPSA) is 108 Å². The summed E-state index contributed by atoms with van der Waals surface area (Å²) in [6.45, 7) is 0. The first-order chi connectivity index (χ1) is 12.2. The van der Waals surface area contributed by atoms with E-state index in [4.69, 9.17) is 15.2 Å². The molecule has 0 saturated carbocycles. The van der Waals surface area contributed by atoms with Crippen molar-refractivity contribution in [1.82, 2.24) is 24.7 Å². The van der Waals surface area contributed by atoms with Crippen molar-refractivity contribution < 1.29 is 4.52 Å². The van der Waals surface area contributed by atoms with Gasteiger partial charge in [0.15, 0.2) is 17.2 Å². The predicted molar refractivity (Wildman–Crippen MR) is 98.6 cm³/mol. The van der Waals surface area contributed by atoms with Crippen molar-refractivity contribution in [1.29, 1.82) is 0 Å². The van der Waals surface area contributed by atoms with Gasteiger partial charge < -0.3 is 20.1 Å². The molecule has 0 bridgehead atoms. The number of nitrogen functional groups attached to an aromatic ring is 1. The SMILES string of the molecule is CNc1nc2sc(-c3ccc4onc(N)c4c3)nc2c2c1ncn2C. The molecule has 0 spiro atoms. The Hall–Kier alpha value is -3.20. The molecule has 124 valence electrons. The first kappa shape index (κ1) is 14.2. The molecule has 0 unspecified atom stereocenters. The van der Waals surface area contributed by atoms with E-state index in [1.54, 1.807) is 6.33 Å². The van der Waals surface area contributed by atoms with Crippen LogP contribution in [0.15, 0.2) is 29.0 Å². The summed E-state index contributed by atoms with van der Waals surface area (Å²) in [4.78, 5) is 14.8. The van der Waals surface area contributed by atoms with E-state index in [0.717, 1.165) is 43.2 Å². The van der Waals surface area contributed by atoms with Gasteiger partial charge in [-0.3, -0.25) is 0 Å². The molecule has 25 heavy (non-hydrogen) atoms. The van der Waals surface area contributed by atoms with Crippen molar-refractivity contribution in [3.05, 3.63) is 24.5 Å². The lowest BCUT2D eigenvalue weighted by Crippen LogP contribution is -1.95. The van der Waals surface area contributed by atoms with Crippen LogP contribution in [0, 0.1) is 0 Å². The van der Waals surface area contributed by atoms with Gasteiger partial charge in [-0.25, -0.2) is 15.0 Å². The Kier molecular flexibility index (Phi) is 2.78. The van der Waals surface area contributed by atoms with Gasteiger partial charge in [0.2, 0.25) is 0 Å². The summed E-state index contributed by atoms with van der Waals surface area (Å²) in [6.07, 6.45) is 1.77. The highest BCUT2D eigenvalue weighted by molar-refractivity contribution is 7.21. The molecule has 8 nitrogen and oxygen atoms in total. The molecule has 5 aromatic rings. The highest BCUT2D eigenvalue weighted by Gasteiger charge is 2.17. The highest BCUT2D eigenvalue weighted by Crippen LogP contribution is 2.36. The minimum absolute atomic E-state index is 0.377. The van der Waals surface area contributed by atoms with Crippen LogP contribution in [-0.2, 0) is 7.05 Å². The number of nitrogens with two attached hydrogens (primary N) is 1. The van der Waals surface area contributed by atoms with Gasteiger partial charge in [0, 0.05) is 19.7 Å². The van der Waals surface area contributed by atoms with Gasteiger partial charge >= 0.3 is 0 Å². The average molecular weight is 351 g/mol. The van der Waals surface area contributed by atoms with Gasteiger partial charge in [-0.15, -0.1) is 0 Å². The van der Waals surface area contributed by atoms with Crippen LogP contribution in [0.4, 0.5) is 11.6 Å². The summed E-state index contributed by atoms with van der Waals surface area (Å²) in [5, 5.41) is 8.55. The lowest BCUT2D eigenvalue weighted by Gasteiger charge is -2.01. The molecular weight excluding hydrogens is 338 g/mol. The number of aromatic nitrogens is 5. The van der Waals surface area contributed by atoms with Crippen LogP contribution in [-0.4, -0.2) is 31.7 Å². The van der Waals surface area contributed by atoms with Crippen LogP contribution in [0.3, 0.4) is 0 Å². The fourth-order valence-corrected chi connectivity index (χ4v) is 3.91. The largest absolute Gasteiger partial charge is 0.380 e. The molecule has 0 aliphatic carbocycles. The number of fused-ring (bicyclic) bond motifs is 4. The van der Waals surface area contributed by atoms with Gasteiger partial charge in [-0.05, 0) is 18.2 Å². The number of benzene rings is 1. The van der Waals surface area contributed by atoms with E-state index in [1.165, 1.54) is 11.3 Å². The lowest BCUT2D eigenvalue weighted by molar-refractivity contribution is 0.460. The van der Waals surface area contributed by atoms with Crippen molar-refractivity contribution in [2.75, 3.05) is 18.1 Å². The van der Waals surface area contributed by atoms with Crippen molar-refractivity contribution >= 4 is 55.3 Å². The fourth-order valence-electron chi connectivity index (χ4n) is 2.97. The van der Waals surface area contributed by atoms with Gasteiger partial charge in [0.25, 0.3) is 0 Å². The van der Waals surface area contributed by atoms with E-state index in [9.17, 15) is 0 Å². The maximum atomic E-state index is 5.86. The molecule has 0 aliphatic rings. The molecule has 3 N–H and O–H groups in total. The van der Waals surface area contributed by atoms with E-state index in [2.05, 4.69) is 20.4 Å². The van der Waals surface area contributed by atoms with Crippen LogP contribution < -0.4 is 11.1 Å². The summed E-state index contributed by atoms with van der Waals surface area (Å²) in [5.74, 6) is 1.12. The number of rotatable bonds is 2. The molecule has 0 aliphatic heterocycles. The molecule has 1 aromatic carbocycles. The van der Waals surface area contributed by atoms with Crippen molar-refractivity contribution in [3.63, 3.8) is 0 Å². The molecule has 4 aromatic heterocycles. The van der Waals surface area contributed by atoms with E-state index in [0.29, 0.717) is 11.4 Å². The summed E-state index contributed by atoms with van der Waals surface area (Å²) in [6, 6.07) is 5.74. The number of hydrogen-bond acceptors (Lipinski definition) is 8. The Morgan fingerprint density at radius 1 is 1.24 bits per heavy atom. The first-order valence-corrected chi connectivity index (χ1v) is 8.42.